The van der Waals surface area contributed by atoms with Gasteiger partial charge in [0.2, 0.25) is 5.91 Å². The lowest BCUT2D eigenvalue weighted by atomic mass is 9.98. The molecule has 20 heavy (non-hydrogen) atoms. The van der Waals surface area contributed by atoms with Gasteiger partial charge in [0.05, 0.1) is 0 Å². The van der Waals surface area contributed by atoms with Crippen molar-refractivity contribution in [1.82, 2.24) is 10.2 Å². The van der Waals surface area contributed by atoms with Gasteiger partial charge in [0.25, 0.3) is 0 Å². The highest BCUT2D eigenvalue weighted by molar-refractivity contribution is 5.91. The SMILES string of the molecule is CNC[C@H]1CCCN(C(=O)/C=C\c2ccc(F)cc2)C1. The second kappa shape index (κ2) is 7.20. The van der Waals surface area contributed by atoms with Crippen molar-refractivity contribution in [2.45, 2.75) is 12.8 Å². The van der Waals surface area contributed by atoms with Crippen LogP contribution in [-0.2, 0) is 4.79 Å². The third kappa shape index (κ3) is 4.17. The van der Waals surface area contributed by atoms with Crippen molar-refractivity contribution < 1.29 is 9.18 Å². The average molecular weight is 276 g/mol. The first kappa shape index (κ1) is 14.7. The van der Waals surface area contributed by atoms with Crippen molar-refractivity contribution in [3.05, 3.63) is 41.7 Å². The molecule has 4 heteroatoms. The summed E-state index contributed by atoms with van der Waals surface area (Å²) in [7, 11) is 1.94. The number of halogens is 1. The van der Waals surface area contributed by atoms with Crippen LogP contribution >= 0.6 is 0 Å². The standard InChI is InChI=1S/C16H21FN2O/c1-18-11-14-3-2-10-19(12-14)16(20)9-6-13-4-7-15(17)8-5-13/h4-9,14,18H,2-3,10-12H2,1H3/b9-6-/t14-/m1/s1. The Labute approximate surface area is 119 Å². The van der Waals surface area contributed by atoms with Crippen LogP contribution < -0.4 is 5.32 Å². The van der Waals surface area contributed by atoms with Crippen molar-refractivity contribution in [2.75, 3.05) is 26.7 Å². The van der Waals surface area contributed by atoms with Crippen LogP contribution in [0.15, 0.2) is 30.3 Å². The van der Waals surface area contributed by atoms with Gasteiger partial charge in [0, 0.05) is 19.2 Å². The molecule has 3 nitrogen and oxygen atoms in total. The molecule has 1 N–H and O–H groups in total. The Morgan fingerprint density at radius 2 is 2.20 bits per heavy atom. The zero-order valence-corrected chi connectivity index (χ0v) is 11.8. The van der Waals surface area contributed by atoms with Crippen molar-refractivity contribution in [1.29, 1.82) is 0 Å². The summed E-state index contributed by atoms with van der Waals surface area (Å²) in [5.41, 5.74) is 0.837. The molecule has 1 fully saturated rings. The van der Waals surface area contributed by atoms with Gasteiger partial charge in [-0.15, -0.1) is 0 Å². The van der Waals surface area contributed by atoms with E-state index in [2.05, 4.69) is 5.32 Å². The van der Waals surface area contributed by atoms with Gasteiger partial charge in [-0.3, -0.25) is 4.79 Å². The molecule has 0 saturated carbocycles. The van der Waals surface area contributed by atoms with Crippen LogP contribution in [0.4, 0.5) is 4.39 Å². The topological polar surface area (TPSA) is 32.3 Å². The zero-order valence-electron chi connectivity index (χ0n) is 11.8. The Morgan fingerprint density at radius 3 is 2.90 bits per heavy atom. The number of nitrogens with zero attached hydrogens (tertiary/aromatic N) is 1. The normalized spacial score (nSPS) is 19.5. The molecule has 0 bridgehead atoms. The van der Waals surface area contributed by atoms with E-state index in [0.717, 1.165) is 31.6 Å². The molecule has 1 aromatic rings. The molecule has 1 aromatic carbocycles. The first-order chi connectivity index (χ1) is 9.69. The fourth-order valence-electron chi connectivity index (χ4n) is 2.57. The zero-order chi connectivity index (χ0) is 14.4. The molecule has 2 rings (SSSR count). The molecular weight excluding hydrogens is 255 g/mol. The number of benzene rings is 1. The Kier molecular flexibility index (Phi) is 5.30. The highest BCUT2D eigenvalue weighted by Crippen LogP contribution is 2.16. The van der Waals surface area contributed by atoms with E-state index in [1.807, 2.05) is 11.9 Å². The molecule has 0 aliphatic carbocycles. The van der Waals surface area contributed by atoms with E-state index in [1.54, 1.807) is 24.3 Å². The lowest BCUT2D eigenvalue weighted by molar-refractivity contribution is -0.127. The van der Waals surface area contributed by atoms with Crippen molar-refractivity contribution >= 4 is 12.0 Å². The summed E-state index contributed by atoms with van der Waals surface area (Å²) < 4.78 is 12.8. The summed E-state index contributed by atoms with van der Waals surface area (Å²) in [6.45, 7) is 2.59. The van der Waals surface area contributed by atoms with Gasteiger partial charge >= 0.3 is 0 Å². The number of hydrogen-bond acceptors (Lipinski definition) is 2. The maximum Gasteiger partial charge on any atom is 0.246 e. The van der Waals surface area contributed by atoms with Crippen LogP contribution in [0.1, 0.15) is 18.4 Å². The van der Waals surface area contributed by atoms with Crippen LogP contribution in [0.5, 0.6) is 0 Å². The van der Waals surface area contributed by atoms with Gasteiger partial charge in [-0.1, -0.05) is 12.1 Å². The number of likely N-dealkylation sites (tertiary alicyclic amines) is 1. The predicted molar refractivity (Wildman–Crippen MR) is 78.7 cm³/mol. The smallest absolute Gasteiger partial charge is 0.246 e. The number of carbonyl (C=O) groups is 1. The second-order valence-electron chi connectivity index (χ2n) is 5.24. The second-order valence-corrected chi connectivity index (χ2v) is 5.24. The minimum atomic E-state index is -0.264. The molecule has 1 aliphatic heterocycles. The predicted octanol–water partition coefficient (Wildman–Crippen LogP) is 2.30. The lowest BCUT2D eigenvalue weighted by Crippen LogP contribution is -2.41. The van der Waals surface area contributed by atoms with E-state index in [0.29, 0.717) is 5.92 Å². The van der Waals surface area contributed by atoms with Crippen molar-refractivity contribution in [3.63, 3.8) is 0 Å². The van der Waals surface area contributed by atoms with Crippen molar-refractivity contribution in [3.8, 4) is 0 Å². The summed E-state index contributed by atoms with van der Waals surface area (Å²) in [4.78, 5) is 14.0. The van der Waals surface area contributed by atoms with Crippen LogP contribution in [0.2, 0.25) is 0 Å². The van der Waals surface area contributed by atoms with Gasteiger partial charge in [0.1, 0.15) is 5.82 Å². The third-order valence-corrected chi connectivity index (χ3v) is 3.61. The Morgan fingerprint density at radius 1 is 1.45 bits per heavy atom. The van der Waals surface area contributed by atoms with Crippen LogP contribution in [0.3, 0.4) is 0 Å². The molecule has 0 spiro atoms. The van der Waals surface area contributed by atoms with E-state index >= 15 is 0 Å². The Hall–Kier alpha value is -1.68. The minimum Gasteiger partial charge on any atom is -0.339 e. The maximum absolute atomic E-state index is 12.8. The van der Waals surface area contributed by atoms with Gasteiger partial charge in [-0.05, 0) is 56.1 Å². The summed E-state index contributed by atoms with van der Waals surface area (Å²) in [5, 5.41) is 3.17. The fraction of sp³-hybridized carbons (Fsp3) is 0.438. The number of piperidine rings is 1. The third-order valence-electron chi connectivity index (χ3n) is 3.61. The molecule has 1 amide bonds. The number of amides is 1. The average Bonchev–Trinajstić information content (AvgIpc) is 2.47. The monoisotopic (exact) mass is 276 g/mol. The van der Waals surface area contributed by atoms with E-state index in [9.17, 15) is 9.18 Å². The van der Waals surface area contributed by atoms with Crippen molar-refractivity contribution in [2.24, 2.45) is 5.92 Å². The van der Waals surface area contributed by atoms with E-state index in [-0.39, 0.29) is 11.7 Å². The van der Waals surface area contributed by atoms with Crippen LogP contribution in [0, 0.1) is 11.7 Å². The summed E-state index contributed by atoms with van der Waals surface area (Å²) in [6.07, 6.45) is 5.55. The van der Waals surface area contributed by atoms with E-state index < -0.39 is 0 Å². The largest absolute Gasteiger partial charge is 0.339 e. The van der Waals surface area contributed by atoms with Gasteiger partial charge < -0.3 is 10.2 Å². The molecule has 1 atom stereocenters. The minimum absolute atomic E-state index is 0.0372. The summed E-state index contributed by atoms with van der Waals surface area (Å²) in [5.74, 6) is 0.312. The molecule has 108 valence electrons. The molecule has 1 heterocycles. The van der Waals surface area contributed by atoms with E-state index in [4.69, 9.17) is 0 Å². The molecule has 0 aromatic heterocycles. The van der Waals surface area contributed by atoms with E-state index in [1.165, 1.54) is 18.6 Å². The van der Waals surface area contributed by atoms with Gasteiger partial charge in [-0.2, -0.15) is 0 Å². The molecule has 1 saturated heterocycles. The van der Waals surface area contributed by atoms with Gasteiger partial charge in [-0.25, -0.2) is 4.39 Å². The highest BCUT2D eigenvalue weighted by Gasteiger charge is 2.21. The van der Waals surface area contributed by atoms with Crippen LogP contribution in [0.25, 0.3) is 6.08 Å². The quantitative estimate of drug-likeness (QED) is 0.856. The summed E-state index contributed by atoms with van der Waals surface area (Å²) in [6, 6.07) is 6.13. The highest BCUT2D eigenvalue weighted by atomic mass is 19.1. The Bertz CT molecular complexity index is 468. The number of hydrogen-bond donors (Lipinski definition) is 1. The fourth-order valence-corrected chi connectivity index (χ4v) is 2.57. The molecule has 0 radical (unpaired) electrons. The number of nitrogens with one attached hydrogen (secondary N) is 1. The van der Waals surface area contributed by atoms with Crippen LogP contribution in [-0.4, -0.2) is 37.5 Å². The first-order valence-electron chi connectivity index (χ1n) is 7.06. The Balaban J connectivity index is 1.92. The number of rotatable bonds is 4. The van der Waals surface area contributed by atoms with Gasteiger partial charge in [0.15, 0.2) is 0 Å². The maximum atomic E-state index is 12.8. The molecule has 1 aliphatic rings. The molecular formula is C16H21FN2O. The first-order valence-corrected chi connectivity index (χ1v) is 7.06. The lowest BCUT2D eigenvalue weighted by Gasteiger charge is -2.32. The summed E-state index contributed by atoms with van der Waals surface area (Å²) >= 11 is 0. The number of carbonyl (C=O) groups excluding carboxylic acids is 1. The molecule has 0 unspecified atom stereocenters.